The topological polar surface area (TPSA) is 85.5 Å². The van der Waals surface area contributed by atoms with Crippen LogP contribution in [0, 0.1) is 0 Å². The first-order valence-electron chi connectivity index (χ1n) is 8.57. The molecule has 0 amide bonds. The molecule has 0 saturated carbocycles. The first kappa shape index (κ1) is 18.1. The molecular formula is C21H16N2O4S. The maximum absolute atomic E-state index is 10.9. The number of carboxylic acid groups (broad SMARTS) is 1. The molecule has 0 fully saturated rings. The number of hydrogen-bond donors (Lipinski definition) is 1. The molecule has 0 radical (unpaired) electrons. The van der Waals surface area contributed by atoms with Gasteiger partial charge in [0.2, 0.25) is 0 Å². The summed E-state index contributed by atoms with van der Waals surface area (Å²) < 4.78 is 11.5. The number of carboxylic acids is 1. The largest absolute Gasteiger partial charge is 0.483 e. The minimum absolute atomic E-state index is 0.189. The second-order valence-electron chi connectivity index (χ2n) is 6.02. The fraction of sp³-hybridized carbons (Fsp3) is 0.0952. The van der Waals surface area contributed by atoms with E-state index < -0.39 is 5.97 Å². The third kappa shape index (κ3) is 4.15. The van der Waals surface area contributed by atoms with Gasteiger partial charge in [0.05, 0.1) is 5.56 Å². The zero-order chi connectivity index (χ0) is 19.3. The lowest BCUT2D eigenvalue weighted by molar-refractivity contribution is 0.0697. The summed E-state index contributed by atoms with van der Waals surface area (Å²) in [5.74, 6) is 0.832. The summed E-state index contributed by atoms with van der Waals surface area (Å²) in [6, 6.07) is 20.6. The first-order valence-corrected chi connectivity index (χ1v) is 9.55. The number of carbonyl (C=O) groups is 1. The zero-order valence-electron chi connectivity index (χ0n) is 14.7. The Morgan fingerprint density at radius 2 is 1.79 bits per heavy atom. The van der Waals surface area contributed by atoms with Crippen LogP contribution >= 0.6 is 11.8 Å². The van der Waals surface area contributed by atoms with Crippen molar-refractivity contribution in [2.75, 3.05) is 0 Å². The molecular weight excluding hydrogens is 376 g/mol. The van der Waals surface area contributed by atoms with Gasteiger partial charge in [0.25, 0.3) is 11.1 Å². The third-order valence-corrected chi connectivity index (χ3v) is 5.00. The van der Waals surface area contributed by atoms with E-state index in [0.717, 1.165) is 22.1 Å². The van der Waals surface area contributed by atoms with Gasteiger partial charge in [-0.25, -0.2) is 4.79 Å². The van der Waals surface area contributed by atoms with Crippen LogP contribution in [0.25, 0.3) is 10.8 Å². The molecule has 4 rings (SSSR count). The highest BCUT2D eigenvalue weighted by atomic mass is 32.2. The number of fused-ring (bicyclic) bond motifs is 1. The predicted octanol–water partition coefficient (Wildman–Crippen LogP) is 4.79. The molecule has 0 unspecified atom stereocenters. The van der Waals surface area contributed by atoms with E-state index in [0.29, 0.717) is 16.9 Å². The molecule has 140 valence electrons. The quantitative estimate of drug-likeness (QED) is 0.452. The number of aromatic carboxylic acids is 1. The van der Waals surface area contributed by atoms with Crippen molar-refractivity contribution >= 4 is 28.5 Å². The van der Waals surface area contributed by atoms with Gasteiger partial charge in [-0.3, -0.25) is 0 Å². The predicted molar refractivity (Wildman–Crippen MR) is 106 cm³/mol. The Kier molecular flexibility index (Phi) is 5.25. The SMILES string of the molecule is O=C(O)c1ccc(CSc2nnc(COc3cccc4ccccc34)o2)cc1. The second kappa shape index (κ2) is 8.14. The normalized spacial score (nSPS) is 10.9. The van der Waals surface area contributed by atoms with Gasteiger partial charge in [-0.1, -0.05) is 60.3 Å². The standard InChI is InChI=1S/C21H16N2O4S/c24-20(25)16-10-8-14(9-11-16)13-28-21-23-22-19(27-21)12-26-18-7-3-5-15-4-1-2-6-17(15)18/h1-11H,12-13H2,(H,24,25). The van der Waals surface area contributed by atoms with Gasteiger partial charge in [-0.2, -0.15) is 0 Å². The van der Waals surface area contributed by atoms with Crippen molar-refractivity contribution in [1.82, 2.24) is 10.2 Å². The summed E-state index contributed by atoms with van der Waals surface area (Å²) >= 11 is 1.39. The molecule has 6 nitrogen and oxygen atoms in total. The van der Waals surface area contributed by atoms with Crippen LogP contribution in [0.4, 0.5) is 0 Å². The van der Waals surface area contributed by atoms with Crippen molar-refractivity contribution in [2.24, 2.45) is 0 Å². The van der Waals surface area contributed by atoms with Crippen molar-refractivity contribution in [3.05, 3.63) is 83.7 Å². The van der Waals surface area contributed by atoms with Crippen LogP contribution in [0.15, 0.2) is 76.4 Å². The average molecular weight is 392 g/mol. The number of aromatic nitrogens is 2. The molecule has 1 N–H and O–H groups in total. The average Bonchev–Trinajstić information content (AvgIpc) is 3.19. The number of thioether (sulfide) groups is 1. The minimum atomic E-state index is -0.938. The molecule has 0 atom stereocenters. The molecule has 0 saturated heterocycles. The van der Waals surface area contributed by atoms with Crippen LogP contribution < -0.4 is 4.74 Å². The fourth-order valence-corrected chi connectivity index (χ4v) is 3.44. The number of rotatable bonds is 7. The third-order valence-electron chi connectivity index (χ3n) is 4.11. The van der Waals surface area contributed by atoms with Crippen LogP contribution in [-0.2, 0) is 12.4 Å². The van der Waals surface area contributed by atoms with Crippen molar-refractivity contribution in [3.8, 4) is 5.75 Å². The summed E-state index contributed by atoms with van der Waals surface area (Å²) in [6.07, 6.45) is 0. The Labute approximate surface area is 165 Å². The Morgan fingerprint density at radius 1 is 1.00 bits per heavy atom. The number of nitrogens with zero attached hydrogens (tertiary/aromatic N) is 2. The van der Waals surface area contributed by atoms with Gasteiger partial charge >= 0.3 is 5.97 Å². The summed E-state index contributed by atoms with van der Waals surface area (Å²) in [6.45, 7) is 0.189. The van der Waals surface area contributed by atoms with Crippen LogP contribution in [0.5, 0.6) is 5.75 Å². The highest BCUT2D eigenvalue weighted by Crippen LogP contribution is 2.26. The Bertz CT molecular complexity index is 1100. The molecule has 0 aliphatic carbocycles. The smallest absolute Gasteiger partial charge is 0.335 e. The van der Waals surface area contributed by atoms with E-state index in [4.69, 9.17) is 14.3 Å². The lowest BCUT2D eigenvalue weighted by atomic mass is 10.1. The van der Waals surface area contributed by atoms with E-state index in [-0.39, 0.29) is 12.2 Å². The Hall–Kier alpha value is -3.32. The molecule has 0 aliphatic heterocycles. The molecule has 3 aromatic carbocycles. The van der Waals surface area contributed by atoms with E-state index in [1.165, 1.54) is 11.8 Å². The molecule has 0 bridgehead atoms. The van der Waals surface area contributed by atoms with Gasteiger partial charge in [-0.15, -0.1) is 10.2 Å². The van der Waals surface area contributed by atoms with E-state index in [2.05, 4.69) is 10.2 Å². The van der Waals surface area contributed by atoms with Gasteiger partial charge < -0.3 is 14.3 Å². The number of ether oxygens (including phenoxy) is 1. The maximum atomic E-state index is 10.9. The maximum Gasteiger partial charge on any atom is 0.335 e. The first-order chi connectivity index (χ1) is 13.7. The van der Waals surface area contributed by atoms with Gasteiger partial charge in [0.15, 0.2) is 6.61 Å². The molecule has 1 aromatic heterocycles. The lowest BCUT2D eigenvalue weighted by Crippen LogP contribution is -1.96. The van der Waals surface area contributed by atoms with Gasteiger partial charge in [0, 0.05) is 11.1 Å². The summed E-state index contributed by atoms with van der Waals surface area (Å²) in [5.41, 5.74) is 1.24. The summed E-state index contributed by atoms with van der Waals surface area (Å²) in [7, 11) is 0. The Morgan fingerprint density at radius 3 is 2.61 bits per heavy atom. The van der Waals surface area contributed by atoms with Crippen molar-refractivity contribution in [2.45, 2.75) is 17.6 Å². The van der Waals surface area contributed by atoms with Crippen LogP contribution in [0.3, 0.4) is 0 Å². The number of hydrogen-bond acceptors (Lipinski definition) is 6. The monoisotopic (exact) mass is 392 g/mol. The molecule has 1 heterocycles. The molecule has 0 aliphatic rings. The molecule has 7 heteroatoms. The van der Waals surface area contributed by atoms with Crippen molar-refractivity contribution < 1.29 is 19.1 Å². The highest BCUT2D eigenvalue weighted by molar-refractivity contribution is 7.98. The van der Waals surface area contributed by atoms with Crippen LogP contribution in [-0.4, -0.2) is 21.3 Å². The van der Waals surface area contributed by atoms with Gasteiger partial charge in [-0.05, 0) is 29.1 Å². The second-order valence-corrected chi connectivity index (χ2v) is 6.95. The van der Waals surface area contributed by atoms with E-state index in [1.807, 2.05) is 42.5 Å². The van der Waals surface area contributed by atoms with Crippen LogP contribution in [0.1, 0.15) is 21.8 Å². The summed E-state index contributed by atoms with van der Waals surface area (Å²) in [5, 5.41) is 19.6. The molecule has 28 heavy (non-hydrogen) atoms. The molecule has 0 spiro atoms. The number of benzene rings is 3. The summed E-state index contributed by atoms with van der Waals surface area (Å²) in [4.78, 5) is 10.9. The van der Waals surface area contributed by atoms with Gasteiger partial charge in [0.1, 0.15) is 5.75 Å². The lowest BCUT2D eigenvalue weighted by Gasteiger charge is -2.07. The highest BCUT2D eigenvalue weighted by Gasteiger charge is 2.10. The van der Waals surface area contributed by atoms with E-state index >= 15 is 0 Å². The van der Waals surface area contributed by atoms with Crippen molar-refractivity contribution in [3.63, 3.8) is 0 Å². The zero-order valence-corrected chi connectivity index (χ0v) is 15.6. The van der Waals surface area contributed by atoms with E-state index in [1.54, 1.807) is 24.3 Å². The minimum Gasteiger partial charge on any atom is -0.483 e. The molecule has 4 aromatic rings. The van der Waals surface area contributed by atoms with E-state index in [9.17, 15) is 4.79 Å². The van der Waals surface area contributed by atoms with Crippen molar-refractivity contribution in [1.29, 1.82) is 0 Å². The Balaban J connectivity index is 1.36. The fourth-order valence-electron chi connectivity index (χ4n) is 2.70. The van der Waals surface area contributed by atoms with Crippen LogP contribution in [0.2, 0.25) is 0 Å².